The molecule has 1 aromatic rings. The number of benzene rings is 1. The zero-order valence-corrected chi connectivity index (χ0v) is 6.69. The highest BCUT2D eigenvalue weighted by Gasteiger charge is 2.28. The molecule has 0 aliphatic carbocycles. The molecule has 62 valence electrons. The van der Waals surface area contributed by atoms with Gasteiger partial charge in [0.1, 0.15) is 12.2 Å². The molecule has 2 aliphatic heterocycles. The topological polar surface area (TPSA) is 25.1 Å². The summed E-state index contributed by atoms with van der Waals surface area (Å²) in [7, 11) is 0. The Morgan fingerprint density at radius 2 is 1.50 bits per heavy atom. The van der Waals surface area contributed by atoms with E-state index in [0.29, 0.717) is 12.2 Å². The Labute approximate surface area is 71.1 Å². The summed E-state index contributed by atoms with van der Waals surface area (Å²) in [5.74, 6) is 0. The third-order valence-electron chi connectivity index (χ3n) is 2.32. The predicted molar refractivity (Wildman–Crippen MR) is 43.8 cm³/mol. The van der Waals surface area contributed by atoms with Crippen LogP contribution in [0.5, 0.6) is 0 Å². The van der Waals surface area contributed by atoms with E-state index in [0.717, 1.165) is 13.2 Å². The summed E-state index contributed by atoms with van der Waals surface area (Å²) in [6.45, 7) is 1.77. The van der Waals surface area contributed by atoms with Crippen LogP contribution in [0, 0.1) is 0 Å². The summed E-state index contributed by atoms with van der Waals surface area (Å²) in [4.78, 5) is 0. The summed E-state index contributed by atoms with van der Waals surface area (Å²) in [6.07, 6.45) is 0.729. The molecule has 0 saturated carbocycles. The van der Waals surface area contributed by atoms with E-state index in [1.165, 1.54) is 11.1 Å². The first-order valence-electron chi connectivity index (χ1n) is 4.26. The minimum absolute atomic E-state index is 0.365. The predicted octanol–water partition coefficient (Wildman–Crippen LogP) is 1.83. The first-order chi connectivity index (χ1) is 5.93. The van der Waals surface area contributed by atoms with Crippen molar-refractivity contribution in [1.82, 2.24) is 0 Å². The number of epoxide rings is 2. The van der Waals surface area contributed by atoms with E-state index in [4.69, 9.17) is 9.47 Å². The zero-order valence-electron chi connectivity index (χ0n) is 6.69. The molecule has 2 heteroatoms. The van der Waals surface area contributed by atoms with E-state index in [2.05, 4.69) is 24.3 Å². The van der Waals surface area contributed by atoms with Crippen LogP contribution < -0.4 is 0 Å². The number of ether oxygens (including phenoxy) is 2. The van der Waals surface area contributed by atoms with Crippen LogP contribution in [0.2, 0.25) is 0 Å². The molecule has 2 saturated heterocycles. The molecule has 2 aliphatic rings. The van der Waals surface area contributed by atoms with Gasteiger partial charge in [0.15, 0.2) is 0 Å². The molecule has 0 spiro atoms. The van der Waals surface area contributed by atoms with Crippen molar-refractivity contribution in [1.29, 1.82) is 0 Å². The Kier molecular flexibility index (Phi) is 1.28. The second-order valence-electron chi connectivity index (χ2n) is 3.31. The maximum absolute atomic E-state index is 5.21. The molecule has 2 unspecified atom stereocenters. The molecule has 0 bridgehead atoms. The van der Waals surface area contributed by atoms with Gasteiger partial charge in [-0.2, -0.15) is 0 Å². The first kappa shape index (κ1) is 6.63. The third-order valence-corrected chi connectivity index (χ3v) is 2.32. The van der Waals surface area contributed by atoms with Gasteiger partial charge < -0.3 is 9.47 Å². The average Bonchev–Trinajstić information content (AvgIpc) is 2.98. The van der Waals surface area contributed by atoms with Gasteiger partial charge in [0.25, 0.3) is 0 Å². The van der Waals surface area contributed by atoms with E-state index in [9.17, 15) is 0 Å². The summed E-state index contributed by atoms with van der Waals surface area (Å²) < 4.78 is 10.4. The van der Waals surface area contributed by atoms with E-state index in [-0.39, 0.29) is 0 Å². The van der Waals surface area contributed by atoms with Gasteiger partial charge in [-0.25, -0.2) is 0 Å². The molecule has 2 nitrogen and oxygen atoms in total. The molecule has 12 heavy (non-hydrogen) atoms. The van der Waals surface area contributed by atoms with E-state index in [1.54, 1.807) is 0 Å². The van der Waals surface area contributed by atoms with E-state index < -0.39 is 0 Å². The van der Waals surface area contributed by atoms with Gasteiger partial charge in [0.05, 0.1) is 13.2 Å². The van der Waals surface area contributed by atoms with Crippen molar-refractivity contribution >= 4 is 0 Å². The van der Waals surface area contributed by atoms with E-state index in [1.807, 2.05) is 0 Å². The number of hydrogen-bond acceptors (Lipinski definition) is 2. The van der Waals surface area contributed by atoms with Crippen molar-refractivity contribution in [3.8, 4) is 0 Å². The van der Waals surface area contributed by atoms with Gasteiger partial charge in [-0.15, -0.1) is 0 Å². The maximum atomic E-state index is 5.21. The Morgan fingerprint density at radius 1 is 1.00 bits per heavy atom. The summed E-state index contributed by atoms with van der Waals surface area (Å²) >= 11 is 0. The highest BCUT2D eigenvalue weighted by Crippen LogP contribution is 2.34. The quantitative estimate of drug-likeness (QED) is 0.620. The molecule has 0 amide bonds. The monoisotopic (exact) mass is 162 g/mol. The highest BCUT2D eigenvalue weighted by molar-refractivity contribution is 5.29. The lowest BCUT2D eigenvalue weighted by Crippen LogP contribution is -1.84. The Hall–Kier alpha value is -0.860. The fraction of sp³-hybridized carbons (Fsp3) is 0.400. The molecule has 2 fully saturated rings. The SMILES string of the molecule is c1cc(C2CO2)cc(C2CO2)c1. The summed E-state index contributed by atoms with van der Waals surface area (Å²) in [5, 5.41) is 0. The van der Waals surface area contributed by atoms with Gasteiger partial charge >= 0.3 is 0 Å². The minimum atomic E-state index is 0.365. The lowest BCUT2D eigenvalue weighted by molar-refractivity contribution is 0.410. The molecule has 1 aromatic carbocycles. The average molecular weight is 162 g/mol. The highest BCUT2D eigenvalue weighted by atomic mass is 16.6. The van der Waals surface area contributed by atoms with Crippen LogP contribution in [-0.2, 0) is 9.47 Å². The fourth-order valence-corrected chi connectivity index (χ4v) is 1.44. The molecule has 2 atom stereocenters. The Bertz CT molecular complexity index is 273. The first-order valence-corrected chi connectivity index (χ1v) is 4.26. The van der Waals surface area contributed by atoms with Crippen LogP contribution in [0.15, 0.2) is 24.3 Å². The van der Waals surface area contributed by atoms with Crippen molar-refractivity contribution < 1.29 is 9.47 Å². The van der Waals surface area contributed by atoms with Gasteiger partial charge in [-0.3, -0.25) is 0 Å². The Balaban J connectivity index is 1.93. The smallest absolute Gasteiger partial charge is 0.106 e. The molecule has 0 aromatic heterocycles. The van der Waals surface area contributed by atoms with Gasteiger partial charge in [-0.1, -0.05) is 24.3 Å². The molecule has 3 rings (SSSR count). The largest absolute Gasteiger partial charge is 0.368 e. The fourth-order valence-electron chi connectivity index (χ4n) is 1.44. The van der Waals surface area contributed by atoms with E-state index >= 15 is 0 Å². The normalized spacial score (nSPS) is 31.7. The maximum Gasteiger partial charge on any atom is 0.106 e. The number of rotatable bonds is 2. The van der Waals surface area contributed by atoms with Crippen LogP contribution in [0.25, 0.3) is 0 Å². The lowest BCUT2D eigenvalue weighted by Gasteiger charge is -1.98. The van der Waals surface area contributed by atoms with Crippen LogP contribution in [0.3, 0.4) is 0 Å². The van der Waals surface area contributed by atoms with Gasteiger partial charge in [0, 0.05) is 0 Å². The summed E-state index contributed by atoms with van der Waals surface area (Å²) in [5.41, 5.74) is 2.59. The van der Waals surface area contributed by atoms with Gasteiger partial charge in [-0.05, 0) is 11.1 Å². The van der Waals surface area contributed by atoms with Crippen molar-refractivity contribution in [2.24, 2.45) is 0 Å². The minimum Gasteiger partial charge on any atom is -0.368 e. The van der Waals surface area contributed by atoms with Crippen LogP contribution in [0.4, 0.5) is 0 Å². The molecule has 2 heterocycles. The molecular weight excluding hydrogens is 152 g/mol. The van der Waals surface area contributed by atoms with Crippen molar-refractivity contribution in [3.63, 3.8) is 0 Å². The second kappa shape index (κ2) is 2.31. The van der Waals surface area contributed by atoms with Crippen LogP contribution in [0.1, 0.15) is 23.3 Å². The van der Waals surface area contributed by atoms with Gasteiger partial charge in [0.2, 0.25) is 0 Å². The second-order valence-corrected chi connectivity index (χ2v) is 3.31. The molecular formula is C10H10O2. The van der Waals surface area contributed by atoms with Crippen LogP contribution in [-0.4, -0.2) is 13.2 Å². The molecule has 0 radical (unpaired) electrons. The van der Waals surface area contributed by atoms with Crippen molar-refractivity contribution in [2.75, 3.05) is 13.2 Å². The van der Waals surface area contributed by atoms with Crippen LogP contribution >= 0.6 is 0 Å². The Morgan fingerprint density at radius 3 is 1.92 bits per heavy atom. The standard InChI is InChI=1S/C10H10O2/c1-2-7(9-5-11-9)4-8(3-1)10-6-12-10/h1-4,9-10H,5-6H2. The zero-order chi connectivity index (χ0) is 7.97. The lowest BCUT2D eigenvalue weighted by atomic mass is 10.1. The molecule has 0 N–H and O–H groups in total. The van der Waals surface area contributed by atoms with Crippen molar-refractivity contribution in [3.05, 3.63) is 35.4 Å². The summed E-state index contributed by atoms with van der Waals surface area (Å²) in [6, 6.07) is 8.50. The van der Waals surface area contributed by atoms with Crippen molar-refractivity contribution in [2.45, 2.75) is 12.2 Å². The number of hydrogen-bond donors (Lipinski definition) is 0. The third kappa shape index (κ3) is 1.13.